The van der Waals surface area contributed by atoms with Crippen LogP contribution in [0.3, 0.4) is 0 Å². The number of carbonyl (C=O) groups excluding carboxylic acids is 1. The molecule has 0 amide bonds. The Labute approximate surface area is 170 Å². The van der Waals surface area contributed by atoms with Gasteiger partial charge in [-0.2, -0.15) is 13.2 Å². The predicted octanol–water partition coefficient (Wildman–Crippen LogP) is 5.65. The molecule has 0 aliphatic heterocycles. The highest BCUT2D eigenvalue weighted by Crippen LogP contribution is 2.39. The van der Waals surface area contributed by atoms with Crippen LogP contribution < -0.4 is 14.9 Å². The Balaban J connectivity index is 2.22. The molecule has 0 saturated carbocycles. The third-order valence-corrected chi connectivity index (χ3v) is 4.48. The average molecular weight is 420 g/mol. The van der Waals surface area contributed by atoms with Gasteiger partial charge in [0, 0.05) is 13.0 Å². The molecule has 1 aromatic heterocycles. The summed E-state index contributed by atoms with van der Waals surface area (Å²) in [5, 5.41) is -0.101. The van der Waals surface area contributed by atoms with Gasteiger partial charge in [0.05, 0.1) is 5.39 Å². The molecule has 8 heteroatoms. The van der Waals surface area contributed by atoms with Gasteiger partial charge in [-0.05, 0) is 42.2 Å². The zero-order valence-corrected chi connectivity index (χ0v) is 16.6. The molecule has 2 aromatic carbocycles. The van der Waals surface area contributed by atoms with Crippen LogP contribution in [-0.4, -0.2) is 5.97 Å². The van der Waals surface area contributed by atoms with Crippen LogP contribution in [0, 0.1) is 0 Å². The zero-order chi connectivity index (χ0) is 22.1. The van der Waals surface area contributed by atoms with E-state index >= 15 is 0 Å². The first-order valence-electron chi connectivity index (χ1n) is 9.30. The van der Waals surface area contributed by atoms with Crippen molar-refractivity contribution in [1.29, 1.82) is 0 Å². The normalized spacial score (nSPS) is 11.5. The van der Waals surface area contributed by atoms with E-state index in [1.807, 2.05) is 6.92 Å². The molecule has 158 valence electrons. The number of alkyl halides is 3. The van der Waals surface area contributed by atoms with Gasteiger partial charge in [-0.1, -0.05) is 26.0 Å². The molecule has 3 rings (SSSR count). The number of benzene rings is 2. The number of carbonyl (C=O) groups is 1. The minimum absolute atomic E-state index is 0.0394. The lowest BCUT2D eigenvalue weighted by Gasteiger charge is -2.15. The van der Waals surface area contributed by atoms with Crippen LogP contribution in [0.2, 0.25) is 0 Å². The van der Waals surface area contributed by atoms with Gasteiger partial charge < -0.3 is 13.9 Å². The van der Waals surface area contributed by atoms with Crippen LogP contribution in [-0.2, 0) is 23.8 Å². The number of hydrogen-bond acceptors (Lipinski definition) is 5. The van der Waals surface area contributed by atoms with Gasteiger partial charge in [0.25, 0.3) is 5.76 Å². The van der Waals surface area contributed by atoms with Crippen molar-refractivity contribution in [3.05, 3.63) is 63.5 Å². The van der Waals surface area contributed by atoms with Crippen LogP contribution in [0.1, 0.15) is 37.7 Å². The summed E-state index contributed by atoms with van der Waals surface area (Å²) >= 11 is 0. The standard InChI is InChI=1S/C22H19F3O5/c1-4-13-6-8-15(9-7-13)29-20-19(27)16-10-14(5-2)17(28-12(3)26)11-18(16)30-21(20)22(23,24)25/h6-11H,4-5H2,1-3H3. The van der Waals surface area contributed by atoms with Crippen molar-refractivity contribution in [2.24, 2.45) is 0 Å². The summed E-state index contributed by atoms with van der Waals surface area (Å²) in [7, 11) is 0. The summed E-state index contributed by atoms with van der Waals surface area (Å²) in [5.41, 5.74) is 0.124. The van der Waals surface area contributed by atoms with Crippen molar-refractivity contribution >= 4 is 16.9 Å². The Kier molecular flexibility index (Phi) is 5.87. The van der Waals surface area contributed by atoms with Gasteiger partial charge in [-0.25, -0.2) is 0 Å². The molecule has 3 aromatic rings. The third kappa shape index (κ3) is 4.32. The van der Waals surface area contributed by atoms with E-state index in [2.05, 4.69) is 0 Å². The van der Waals surface area contributed by atoms with Crippen LogP contribution in [0.25, 0.3) is 11.0 Å². The average Bonchev–Trinajstić information content (AvgIpc) is 2.69. The first-order valence-corrected chi connectivity index (χ1v) is 9.30. The van der Waals surface area contributed by atoms with Gasteiger partial charge >= 0.3 is 12.1 Å². The van der Waals surface area contributed by atoms with Gasteiger partial charge in [0.15, 0.2) is 0 Å². The molecule has 0 unspecified atom stereocenters. The quantitative estimate of drug-likeness (QED) is 0.394. The summed E-state index contributed by atoms with van der Waals surface area (Å²) < 4.78 is 56.3. The fourth-order valence-corrected chi connectivity index (χ4v) is 2.97. The molecule has 0 saturated heterocycles. The summed E-state index contributed by atoms with van der Waals surface area (Å²) in [6.07, 6.45) is -3.85. The fourth-order valence-electron chi connectivity index (χ4n) is 2.97. The van der Waals surface area contributed by atoms with Crippen LogP contribution >= 0.6 is 0 Å². The van der Waals surface area contributed by atoms with Crippen molar-refractivity contribution in [2.45, 2.75) is 39.8 Å². The molecule has 0 spiro atoms. The molecule has 0 bridgehead atoms. The Morgan fingerprint density at radius 1 is 1.07 bits per heavy atom. The van der Waals surface area contributed by atoms with Crippen molar-refractivity contribution in [3.63, 3.8) is 0 Å². The Morgan fingerprint density at radius 3 is 2.27 bits per heavy atom. The number of fused-ring (bicyclic) bond motifs is 1. The monoisotopic (exact) mass is 420 g/mol. The van der Waals surface area contributed by atoms with Crippen molar-refractivity contribution in [1.82, 2.24) is 0 Å². The highest BCUT2D eigenvalue weighted by atomic mass is 19.4. The highest BCUT2D eigenvalue weighted by Gasteiger charge is 2.40. The lowest BCUT2D eigenvalue weighted by molar-refractivity contribution is -0.154. The summed E-state index contributed by atoms with van der Waals surface area (Å²) in [5.74, 6) is -3.02. The van der Waals surface area contributed by atoms with Gasteiger partial charge in [-0.15, -0.1) is 0 Å². The second-order valence-corrected chi connectivity index (χ2v) is 6.59. The molecule has 0 N–H and O–H groups in total. The smallest absolute Gasteiger partial charge is 0.449 e. The number of aryl methyl sites for hydroxylation is 2. The molecule has 1 heterocycles. The van der Waals surface area contributed by atoms with Crippen LogP contribution in [0.15, 0.2) is 45.6 Å². The van der Waals surface area contributed by atoms with E-state index in [9.17, 15) is 22.8 Å². The van der Waals surface area contributed by atoms with Crippen molar-refractivity contribution in [2.75, 3.05) is 0 Å². The van der Waals surface area contributed by atoms with E-state index in [1.165, 1.54) is 25.1 Å². The largest absolute Gasteiger partial charge is 0.453 e. The van der Waals surface area contributed by atoms with E-state index in [0.717, 1.165) is 18.1 Å². The van der Waals surface area contributed by atoms with E-state index in [4.69, 9.17) is 13.9 Å². The second-order valence-electron chi connectivity index (χ2n) is 6.59. The first-order chi connectivity index (χ1) is 14.1. The molecular weight excluding hydrogens is 401 g/mol. The minimum atomic E-state index is -4.98. The van der Waals surface area contributed by atoms with E-state index in [0.29, 0.717) is 12.0 Å². The lowest BCUT2D eigenvalue weighted by Crippen LogP contribution is -2.16. The Hall–Kier alpha value is -3.29. The molecule has 0 radical (unpaired) electrons. The molecule has 0 atom stereocenters. The third-order valence-electron chi connectivity index (χ3n) is 4.48. The molecule has 30 heavy (non-hydrogen) atoms. The molecule has 0 aliphatic carbocycles. The Morgan fingerprint density at radius 2 is 1.73 bits per heavy atom. The molecule has 0 aliphatic rings. The van der Waals surface area contributed by atoms with E-state index in [1.54, 1.807) is 19.1 Å². The topological polar surface area (TPSA) is 65.7 Å². The number of rotatable bonds is 5. The Bertz CT molecular complexity index is 1140. The van der Waals surface area contributed by atoms with E-state index in [-0.39, 0.29) is 22.5 Å². The number of ether oxygens (including phenoxy) is 2. The first kappa shape index (κ1) is 21.4. The van der Waals surface area contributed by atoms with Gasteiger partial charge in [-0.3, -0.25) is 9.59 Å². The summed E-state index contributed by atoms with van der Waals surface area (Å²) in [4.78, 5) is 24.2. The summed E-state index contributed by atoms with van der Waals surface area (Å²) in [6.45, 7) is 4.86. The number of esters is 1. The maximum absolute atomic E-state index is 13.6. The van der Waals surface area contributed by atoms with Crippen molar-refractivity contribution in [3.8, 4) is 17.2 Å². The zero-order valence-electron chi connectivity index (χ0n) is 16.6. The minimum Gasteiger partial charge on any atom is -0.449 e. The highest BCUT2D eigenvalue weighted by molar-refractivity contribution is 5.82. The van der Waals surface area contributed by atoms with Crippen molar-refractivity contribution < 1.29 is 31.9 Å². The second kappa shape index (κ2) is 8.22. The molecule has 0 fully saturated rings. The fraction of sp³-hybridized carbons (Fsp3) is 0.273. The summed E-state index contributed by atoms with van der Waals surface area (Å²) in [6, 6.07) is 8.85. The predicted molar refractivity (Wildman–Crippen MR) is 104 cm³/mol. The molecule has 5 nitrogen and oxygen atoms in total. The van der Waals surface area contributed by atoms with Crippen LogP contribution in [0.4, 0.5) is 13.2 Å². The molecular formula is C22H19F3O5. The maximum Gasteiger partial charge on any atom is 0.453 e. The van der Waals surface area contributed by atoms with Crippen LogP contribution in [0.5, 0.6) is 17.2 Å². The maximum atomic E-state index is 13.6. The number of hydrogen-bond donors (Lipinski definition) is 0. The van der Waals surface area contributed by atoms with E-state index < -0.39 is 29.1 Å². The van der Waals surface area contributed by atoms with Gasteiger partial charge in [0.2, 0.25) is 11.2 Å². The lowest BCUT2D eigenvalue weighted by atomic mass is 10.1. The van der Waals surface area contributed by atoms with Gasteiger partial charge in [0.1, 0.15) is 17.1 Å². The number of halogens is 3. The SMILES string of the molecule is CCc1ccc(Oc2c(C(F)(F)F)oc3cc(OC(C)=O)c(CC)cc3c2=O)cc1.